The second-order valence-electron chi connectivity index (χ2n) is 10.6. The number of aromatic nitrogens is 6. The zero-order valence-electron chi connectivity index (χ0n) is 23.7. The Morgan fingerprint density at radius 1 is 1.10 bits per heavy atom. The Hall–Kier alpha value is -4.90. The Labute approximate surface area is 237 Å². The molecule has 0 bridgehead atoms. The van der Waals surface area contributed by atoms with Crippen molar-refractivity contribution < 1.29 is 9.53 Å². The van der Waals surface area contributed by atoms with Gasteiger partial charge in [0.2, 0.25) is 0 Å². The minimum Gasteiger partial charge on any atom is -0.457 e. The molecule has 2 aromatic carbocycles. The van der Waals surface area contributed by atoms with E-state index in [0.29, 0.717) is 41.5 Å². The molecule has 1 fully saturated rings. The van der Waals surface area contributed by atoms with Gasteiger partial charge in [-0.15, -0.1) is 5.10 Å². The smallest absolute Gasteiger partial charge is 0.255 e. The van der Waals surface area contributed by atoms with Gasteiger partial charge in [-0.25, -0.2) is 19.6 Å². The number of fused-ring (bicyclic) bond motifs is 2. The monoisotopic (exact) mass is 549 g/mol. The largest absolute Gasteiger partial charge is 0.457 e. The summed E-state index contributed by atoms with van der Waals surface area (Å²) in [7, 11) is 5.83. The SMILES string of the molecule is Cc1cc(Nc2ncnc3ccc(N4C[C@@H](C)/C(=C\CN(C)C)C4=O)nc23)ccc1Oc1ccc2c(c1)nnn2C. The van der Waals surface area contributed by atoms with Crippen molar-refractivity contribution in [3.8, 4) is 11.5 Å². The standard InChI is InChI=1S/C30H31N9O2/c1-18-14-20(6-10-26(18)41-21-7-9-25-24(15-21)35-36-38(25)5)33-29-28-23(31-17-32-29)8-11-27(34-28)39-16-19(2)22(30(39)40)12-13-37(3)4/h6-12,14-15,17,19H,13,16H2,1-5H3,(H,31,32,33)/b22-12+/t19-/m1/s1. The van der Waals surface area contributed by atoms with Gasteiger partial charge < -0.3 is 15.0 Å². The van der Waals surface area contributed by atoms with E-state index in [1.807, 2.05) is 87.6 Å². The van der Waals surface area contributed by atoms with Crippen LogP contribution in [0.25, 0.3) is 22.1 Å². The van der Waals surface area contributed by atoms with Crippen LogP contribution in [-0.4, -0.2) is 67.9 Å². The van der Waals surface area contributed by atoms with Crippen molar-refractivity contribution in [1.82, 2.24) is 34.8 Å². The number of hydrogen-bond donors (Lipinski definition) is 1. The normalized spacial score (nSPS) is 16.4. The van der Waals surface area contributed by atoms with E-state index >= 15 is 0 Å². The summed E-state index contributed by atoms with van der Waals surface area (Å²) in [4.78, 5) is 30.7. The molecule has 6 rings (SSSR count). The summed E-state index contributed by atoms with van der Waals surface area (Å²) < 4.78 is 7.87. The molecule has 0 radical (unpaired) electrons. The Bertz CT molecular complexity index is 1810. The molecule has 41 heavy (non-hydrogen) atoms. The highest BCUT2D eigenvalue weighted by molar-refractivity contribution is 6.08. The highest BCUT2D eigenvalue weighted by Crippen LogP contribution is 2.32. The molecule has 11 heteroatoms. The number of hydrogen-bond acceptors (Lipinski definition) is 9. The molecule has 5 aromatic rings. The van der Waals surface area contributed by atoms with E-state index in [-0.39, 0.29) is 11.8 Å². The summed E-state index contributed by atoms with van der Waals surface area (Å²) in [6.45, 7) is 5.35. The molecule has 1 atom stereocenters. The van der Waals surface area contributed by atoms with Gasteiger partial charge in [0, 0.05) is 43.4 Å². The van der Waals surface area contributed by atoms with Crippen LogP contribution in [0.4, 0.5) is 17.3 Å². The number of ether oxygens (including phenoxy) is 1. The number of pyridine rings is 1. The molecule has 1 saturated heterocycles. The summed E-state index contributed by atoms with van der Waals surface area (Å²) in [5.74, 6) is 2.66. The molecule has 1 N–H and O–H groups in total. The van der Waals surface area contributed by atoms with Crippen LogP contribution in [0.15, 0.2) is 66.5 Å². The minimum absolute atomic E-state index is 0.0118. The van der Waals surface area contributed by atoms with Gasteiger partial charge in [-0.1, -0.05) is 18.2 Å². The molecule has 1 amide bonds. The summed E-state index contributed by atoms with van der Waals surface area (Å²) in [6.07, 6.45) is 3.51. The number of amides is 1. The third-order valence-corrected chi connectivity index (χ3v) is 7.15. The number of nitrogens with zero attached hydrogens (tertiary/aromatic N) is 8. The molecule has 1 aliphatic heterocycles. The average Bonchev–Trinajstić information content (AvgIpc) is 3.46. The quantitative estimate of drug-likeness (QED) is 0.290. The van der Waals surface area contributed by atoms with Crippen LogP contribution in [0, 0.1) is 12.8 Å². The summed E-state index contributed by atoms with van der Waals surface area (Å²) in [6, 6.07) is 15.3. The first kappa shape index (κ1) is 26.3. The van der Waals surface area contributed by atoms with E-state index in [1.165, 1.54) is 6.33 Å². The molecular formula is C30H31N9O2. The van der Waals surface area contributed by atoms with E-state index < -0.39 is 0 Å². The maximum absolute atomic E-state index is 13.2. The third-order valence-electron chi connectivity index (χ3n) is 7.15. The lowest BCUT2D eigenvalue weighted by Crippen LogP contribution is -2.26. The number of benzene rings is 2. The number of carbonyl (C=O) groups excluding carboxylic acids is 1. The van der Waals surface area contributed by atoms with Crippen LogP contribution in [0.3, 0.4) is 0 Å². The zero-order chi connectivity index (χ0) is 28.7. The summed E-state index contributed by atoms with van der Waals surface area (Å²) in [5.41, 5.74) is 5.57. The van der Waals surface area contributed by atoms with Gasteiger partial charge in [-0.3, -0.25) is 9.69 Å². The predicted molar refractivity (Wildman–Crippen MR) is 159 cm³/mol. The fraction of sp³-hybridized carbons (Fsp3) is 0.267. The number of rotatable bonds is 7. The number of aryl methyl sites for hydroxylation is 2. The predicted octanol–water partition coefficient (Wildman–Crippen LogP) is 4.62. The number of anilines is 3. The van der Waals surface area contributed by atoms with E-state index in [2.05, 4.69) is 32.5 Å². The van der Waals surface area contributed by atoms with Crippen LogP contribution in [0.5, 0.6) is 11.5 Å². The second kappa shape index (κ2) is 10.6. The van der Waals surface area contributed by atoms with Crippen LogP contribution in [0.2, 0.25) is 0 Å². The Kier molecular flexibility index (Phi) is 6.80. The lowest BCUT2D eigenvalue weighted by Gasteiger charge is -2.16. The van der Waals surface area contributed by atoms with Gasteiger partial charge in [0.15, 0.2) is 5.82 Å². The first-order valence-corrected chi connectivity index (χ1v) is 13.4. The fourth-order valence-corrected chi connectivity index (χ4v) is 4.95. The highest BCUT2D eigenvalue weighted by Gasteiger charge is 2.34. The van der Waals surface area contributed by atoms with Gasteiger partial charge >= 0.3 is 0 Å². The first-order valence-electron chi connectivity index (χ1n) is 13.4. The van der Waals surface area contributed by atoms with Gasteiger partial charge in [0.05, 0.1) is 11.0 Å². The van der Waals surface area contributed by atoms with E-state index in [0.717, 1.165) is 33.6 Å². The van der Waals surface area contributed by atoms with Crippen molar-refractivity contribution in [2.75, 3.05) is 37.4 Å². The van der Waals surface area contributed by atoms with Crippen molar-refractivity contribution in [3.63, 3.8) is 0 Å². The van der Waals surface area contributed by atoms with Crippen molar-refractivity contribution in [3.05, 3.63) is 72.1 Å². The summed E-state index contributed by atoms with van der Waals surface area (Å²) >= 11 is 0. The Morgan fingerprint density at radius 3 is 2.76 bits per heavy atom. The van der Waals surface area contributed by atoms with Crippen molar-refractivity contribution in [2.45, 2.75) is 13.8 Å². The van der Waals surface area contributed by atoms with Gasteiger partial charge in [-0.2, -0.15) is 0 Å². The second-order valence-corrected chi connectivity index (χ2v) is 10.6. The molecule has 0 aliphatic carbocycles. The highest BCUT2D eigenvalue weighted by atomic mass is 16.5. The number of nitrogens with one attached hydrogen (secondary N) is 1. The molecule has 0 saturated carbocycles. The molecule has 3 aromatic heterocycles. The average molecular weight is 550 g/mol. The molecule has 0 spiro atoms. The first-order chi connectivity index (χ1) is 19.8. The third kappa shape index (κ3) is 5.19. The van der Waals surface area contributed by atoms with Crippen molar-refractivity contribution in [1.29, 1.82) is 0 Å². The van der Waals surface area contributed by atoms with Gasteiger partial charge in [-0.05, 0) is 69.0 Å². The lowest BCUT2D eigenvalue weighted by molar-refractivity contribution is -0.114. The van der Waals surface area contributed by atoms with Crippen LogP contribution >= 0.6 is 0 Å². The molecule has 0 unspecified atom stereocenters. The molecule has 4 heterocycles. The van der Waals surface area contributed by atoms with Crippen LogP contribution in [-0.2, 0) is 11.8 Å². The van der Waals surface area contributed by atoms with Crippen LogP contribution < -0.4 is 15.0 Å². The zero-order valence-corrected chi connectivity index (χ0v) is 23.7. The maximum atomic E-state index is 13.2. The fourth-order valence-electron chi connectivity index (χ4n) is 4.95. The molecule has 11 nitrogen and oxygen atoms in total. The minimum atomic E-state index is -0.0118. The Balaban J connectivity index is 1.24. The van der Waals surface area contributed by atoms with Gasteiger partial charge in [0.25, 0.3) is 5.91 Å². The van der Waals surface area contributed by atoms with E-state index in [1.54, 1.807) is 9.58 Å². The van der Waals surface area contributed by atoms with Crippen LogP contribution in [0.1, 0.15) is 12.5 Å². The summed E-state index contributed by atoms with van der Waals surface area (Å²) in [5, 5.41) is 11.6. The topological polar surface area (TPSA) is 114 Å². The Morgan fingerprint density at radius 2 is 1.95 bits per heavy atom. The van der Waals surface area contributed by atoms with E-state index in [4.69, 9.17) is 9.72 Å². The lowest BCUT2D eigenvalue weighted by atomic mass is 10.0. The van der Waals surface area contributed by atoms with E-state index in [9.17, 15) is 4.79 Å². The number of likely N-dealkylation sites (N-methyl/N-ethyl adjacent to an activating group) is 1. The van der Waals surface area contributed by atoms with Crippen molar-refractivity contribution in [2.24, 2.45) is 13.0 Å². The molecule has 1 aliphatic rings. The maximum Gasteiger partial charge on any atom is 0.255 e. The number of carbonyl (C=O) groups is 1. The van der Waals surface area contributed by atoms with Crippen molar-refractivity contribution >= 4 is 45.3 Å². The molecule has 208 valence electrons. The molecular weight excluding hydrogens is 518 g/mol. The van der Waals surface area contributed by atoms with Gasteiger partial charge in [0.1, 0.15) is 34.7 Å².